The summed E-state index contributed by atoms with van der Waals surface area (Å²) in [7, 11) is -4.03. The van der Waals surface area contributed by atoms with Crippen LogP contribution in [0.25, 0.3) is 0 Å². The predicted molar refractivity (Wildman–Crippen MR) is 91.6 cm³/mol. The first kappa shape index (κ1) is 19.4. The minimum Gasteiger partial charge on any atom is -0.464 e. The Bertz CT molecular complexity index is 963. The van der Waals surface area contributed by atoms with Gasteiger partial charge in [0.25, 0.3) is 5.69 Å². The van der Waals surface area contributed by atoms with Crippen molar-refractivity contribution in [1.82, 2.24) is 9.89 Å². The third-order valence-corrected chi connectivity index (χ3v) is 5.74. The van der Waals surface area contributed by atoms with Gasteiger partial charge < -0.3 is 5.11 Å². The summed E-state index contributed by atoms with van der Waals surface area (Å²) in [5.74, 6) is 0. The van der Waals surface area contributed by atoms with Gasteiger partial charge in [0.1, 0.15) is 4.90 Å². The molecule has 140 valence electrons. The molecule has 0 radical (unpaired) electrons. The first-order chi connectivity index (χ1) is 12.0. The van der Waals surface area contributed by atoms with Gasteiger partial charge in [-0.15, -0.1) is 0 Å². The topological polar surface area (TPSA) is 136 Å². The Kier molecular flexibility index (Phi) is 5.03. The summed E-state index contributed by atoms with van der Waals surface area (Å²) < 4.78 is 25.9. The highest BCUT2D eigenvalue weighted by Gasteiger charge is 2.30. The zero-order chi connectivity index (χ0) is 19.8. The number of benzene rings is 1. The minimum atomic E-state index is -4.03. The molecule has 10 nitrogen and oxygen atoms in total. The molecule has 0 saturated carbocycles. The van der Waals surface area contributed by atoms with Gasteiger partial charge in [0.05, 0.1) is 27.2 Å². The highest BCUT2D eigenvalue weighted by molar-refractivity contribution is 7.91. The Hall–Kier alpha value is -2.95. The van der Waals surface area contributed by atoms with Crippen LogP contribution in [0.1, 0.15) is 25.2 Å². The van der Waals surface area contributed by atoms with E-state index in [4.69, 9.17) is 0 Å². The van der Waals surface area contributed by atoms with Crippen molar-refractivity contribution >= 4 is 21.6 Å². The normalized spacial score (nSPS) is 11.6. The fourth-order valence-electron chi connectivity index (χ4n) is 2.60. The average Bonchev–Trinajstić information content (AvgIpc) is 2.81. The smallest absolute Gasteiger partial charge is 0.428 e. The molecular formula is C15H18N4O6S. The van der Waals surface area contributed by atoms with E-state index in [2.05, 4.69) is 5.10 Å². The van der Waals surface area contributed by atoms with Crippen molar-refractivity contribution in [2.45, 2.75) is 43.5 Å². The number of nitro groups is 1. The van der Waals surface area contributed by atoms with Gasteiger partial charge in [-0.05, 0) is 39.8 Å². The van der Waals surface area contributed by atoms with Gasteiger partial charge in [0, 0.05) is 12.1 Å². The van der Waals surface area contributed by atoms with Crippen LogP contribution in [0.4, 0.5) is 10.5 Å². The standard InChI is InChI=1S/C15H18N4O6S/c1-9(2)17(15(20)21)18-11(4)14(10(3)16-18)26(24,25)13-7-5-12(6-8-13)19(22)23/h5-9H,1-4H3,(H,20,21). The molecule has 0 bridgehead atoms. The molecule has 1 heterocycles. The number of carbonyl (C=O) groups is 1. The van der Waals surface area contributed by atoms with E-state index in [1.807, 2.05) is 0 Å². The second kappa shape index (κ2) is 6.75. The van der Waals surface area contributed by atoms with E-state index in [1.165, 1.54) is 13.8 Å². The van der Waals surface area contributed by atoms with Crippen LogP contribution in [0, 0.1) is 24.0 Å². The maximum absolute atomic E-state index is 12.9. The average molecular weight is 382 g/mol. The molecule has 26 heavy (non-hydrogen) atoms. The van der Waals surface area contributed by atoms with Gasteiger partial charge in [-0.2, -0.15) is 14.9 Å². The van der Waals surface area contributed by atoms with Crippen LogP contribution in [0.2, 0.25) is 0 Å². The van der Waals surface area contributed by atoms with Crippen LogP contribution in [-0.4, -0.2) is 40.5 Å². The molecule has 0 aliphatic carbocycles. The van der Waals surface area contributed by atoms with Gasteiger partial charge in [0.2, 0.25) is 9.84 Å². The number of sulfone groups is 1. The van der Waals surface area contributed by atoms with Crippen LogP contribution in [0.5, 0.6) is 0 Å². The maximum atomic E-state index is 12.9. The van der Waals surface area contributed by atoms with E-state index >= 15 is 0 Å². The molecule has 0 unspecified atom stereocenters. The van der Waals surface area contributed by atoms with Crippen molar-refractivity contribution in [3.05, 3.63) is 45.8 Å². The van der Waals surface area contributed by atoms with E-state index in [1.54, 1.807) is 13.8 Å². The number of aryl methyl sites for hydroxylation is 1. The van der Waals surface area contributed by atoms with Gasteiger partial charge in [0.15, 0.2) is 0 Å². The van der Waals surface area contributed by atoms with Crippen molar-refractivity contribution in [2.24, 2.45) is 0 Å². The quantitative estimate of drug-likeness (QED) is 0.619. The largest absolute Gasteiger partial charge is 0.464 e. The van der Waals surface area contributed by atoms with Crippen LogP contribution in [-0.2, 0) is 9.84 Å². The molecule has 0 aliphatic rings. The second-order valence-electron chi connectivity index (χ2n) is 5.86. The number of carboxylic acid groups (broad SMARTS) is 1. The Labute approximate surface area is 149 Å². The van der Waals surface area contributed by atoms with Crippen molar-refractivity contribution in [3.63, 3.8) is 0 Å². The molecule has 1 amide bonds. The highest BCUT2D eigenvalue weighted by atomic mass is 32.2. The van der Waals surface area contributed by atoms with E-state index in [0.717, 1.165) is 34.1 Å². The monoisotopic (exact) mass is 382 g/mol. The van der Waals surface area contributed by atoms with Gasteiger partial charge in [-0.3, -0.25) is 10.1 Å². The lowest BCUT2D eigenvalue weighted by Crippen LogP contribution is -2.46. The van der Waals surface area contributed by atoms with Crippen LogP contribution >= 0.6 is 0 Å². The summed E-state index contributed by atoms with van der Waals surface area (Å²) in [6.45, 7) is 6.18. The lowest BCUT2D eigenvalue weighted by molar-refractivity contribution is -0.384. The highest BCUT2D eigenvalue weighted by Crippen LogP contribution is 2.28. The summed E-state index contributed by atoms with van der Waals surface area (Å²) in [5.41, 5.74) is 0.0367. The predicted octanol–water partition coefficient (Wildman–Crippen LogP) is 2.27. The van der Waals surface area contributed by atoms with Crippen molar-refractivity contribution < 1.29 is 23.2 Å². The molecule has 0 aliphatic heterocycles. The van der Waals surface area contributed by atoms with Crippen LogP contribution in [0.15, 0.2) is 34.1 Å². The zero-order valence-corrected chi connectivity index (χ0v) is 15.4. The molecule has 11 heteroatoms. The third kappa shape index (κ3) is 3.25. The molecule has 1 aromatic carbocycles. The first-order valence-corrected chi connectivity index (χ1v) is 9.05. The summed E-state index contributed by atoms with van der Waals surface area (Å²) in [6, 6.07) is 4.00. The maximum Gasteiger partial charge on any atom is 0.428 e. The third-order valence-electron chi connectivity index (χ3n) is 3.72. The molecule has 0 fully saturated rings. The van der Waals surface area contributed by atoms with E-state index in [-0.39, 0.29) is 26.9 Å². The number of nitrogens with zero attached hydrogens (tertiary/aromatic N) is 4. The number of non-ortho nitro benzene ring substituents is 1. The number of aromatic nitrogens is 2. The Morgan fingerprint density at radius 1 is 1.27 bits per heavy atom. The molecule has 1 N–H and O–H groups in total. The van der Waals surface area contributed by atoms with Crippen molar-refractivity contribution in [3.8, 4) is 0 Å². The lowest BCUT2D eigenvalue weighted by atomic mass is 10.3. The fraction of sp³-hybridized carbons (Fsp3) is 0.333. The Balaban J connectivity index is 2.61. The summed E-state index contributed by atoms with van der Waals surface area (Å²) in [4.78, 5) is 22.4. The number of hydrogen-bond donors (Lipinski definition) is 1. The second-order valence-corrected chi connectivity index (χ2v) is 7.75. The number of nitro benzene ring substituents is 1. The minimum absolute atomic E-state index is 0.127. The number of hydrogen-bond acceptors (Lipinski definition) is 6. The number of rotatable bonds is 5. The van der Waals surface area contributed by atoms with Gasteiger partial charge >= 0.3 is 6.09 Å². The fourth-order valence-corrected chi connectivity index (χ4v) is 4.23. The summed E-state index contributed by atoms with van der Waals surface area (Å²) in [6.07, 6.45) is -1.27. The van der Waals surface area contributed by atoms with E-state index < -0.39 is 26.9 Å². The van der Waals surface area contributed by atoms with E-state index in [9.17, 15) is 28.4 Å². The molecule has 0 spiro atoms. The van der Waals surface area contributed by atoms with Crippen LogP contribution in [0.3, 0.4) is 0 Å². The first-order valence-electron chi connectivity index (χ1n) is 7.56. The van der Waals surface area contributed by atoms with E-state index in [0.29, 0.717) is 0 Å². The molecule has 0 atom stereocenters. The Morgan fingerprint density at radius 2 is 1.81 bits per heavy atom. The SMILES string of the molecule is Cc1nn(N(C(=O)O)C(C)C)c(C)c1S(=O)(=O)c1ccc([N+](=O)[O-])cc1. The molecule has 2 aromatic rings. The molecule has 0 saturated heterocycles. The molecular weight excluding hydrogens is 364 g/mol. The lowest BCUT2D eigenvalue weighted by Gasteiger charge is -2.24. The summed E-state index contributed by atoms with van der Waals surface area (Å²) in [5, 5.41) is 25.1. The van der Waals surface area contributed by atoms with Crippen LogP contribution < -0.4 is 5.01 Å². The summed E-state index contributed by atoms with van der Waals surface area (Å²) >= 11 is 0. The number of amides is 1. The van der Waals surface area contributed by atoms with Gasteiger partial charge in [-0.1, -0.05) is 0 Å². The molecule has 2 rings (SSSR count). The van der Waals surface area contributed by atoms with Crippen molar-refractivity contribution in [2.75, 3.05) is 5.01 Å². The zero-order valence-electron chi connectivity index (χ0n) is 14.6. The van der Waals surface area contributed by atoms with Gasteiger partial charge in [-0.25, -0.2) is 13.2 Å². The Morgan fingerprint density at radius 3 is 2.23 bits per heavy atom. The van der Waals surface area contributed by atoms with Crippen molar-refractivity contribution in [1.29, 1.82) is 0 Å². The molecule has 1 aromatic heterocycles.